The SMILES string of the molecule is CSc1ccc(C2C(C#N)=C(N)Oc3cc(OC(=O)C(C)Oc4ccccc4F)ccc32)cc1. The predicted octanol–water partition coefficient (Wildman–Crippen LogP) is 5.14. The summed E-state index contributed by atoms with van der Waals surface area (Å²) in [5.41, 5.74) is 7.97. The highest BCUT2D eigenvalue weighted by atomic mass is 32.2. The number of nitrogens with two attached hydrogens (primary N) is 1. The maximum atomic E-state index is 13.8. The Hall–Kier alpha value is -3.96. The van der Waals surface area contributed by atoms with Crippen LogP contribution in [0.5, 0.6) is 17.2 Å². The Labute approximate surface area is 200 Å². The number of hydrogen-bond acceptors (Lipinski definition) is 7. The van der Waals surface area contributed by atoms with Gasteiger partial charge in [0.05, 0.1) is 5.92 Å². The number of allylic oxidation sites excluding steroid dienone is 1. The van der Waals surface area contributed by atoms with E-state index in [4.69, 9.17) is 19.9 Å². The van der Waals surface area contributed by atoms with Crippen LogP contribution in [-0.4, -0.2) is 18.3 Å². The molecule has 4 rings (SSSR count). The number of halogens is 1. The molecule has 34 heavy (non-hydrogen) atoms. The number of benzene rings is 3. The van der Waals surface area contributed by atoms with Crippen molar-refractivity contribution in [3.8, 4) is 23.3 Å². The zero-order chi connectivity index (χ0) is 24.2. The van der Waals surface area contributed by atoms with Gasteiger partial charge in [-0.25, -0.2) is 9.18 Å². The van der Waals surface area contributed by atoms with Crippen LogP contribution in [0.25, 0.3) is 0 Å². The number of thioether (sulfide) groups is 1. The molecule has 0 fully saturated rings. The number of rotatable bonds is 6. The average Bonchev–Trinajstić information content (AvgIpc) is 2.84. The number of nitrogens with zero attached hydrogens (tertiary/aromatic N) is 1. The summed E-state index contributed by atoms with van der Waals surface area (Å²) in [5.74, 6) is -1.16. The molecule has 0 bridgehead atoms. The van der Waals surface area contributed by atoms with Crippen molar-refractivity contribution >= 4 is 17.7 Å². The van der Waals surface area contributed by atoms with Crippen molar-refractivity contribution in [1.29, 1.82) is 5.26 Å². The Bertz CT molecular complexity index is 1300. The quantitative estimate of drug-likeness (QED) is 0.299. The van der Waals surface area contributed by atoms with E-state index in [1.807, 2.05) is 30.5 Å². The Morgan fingerprint density at radius 2 is 1.91 bits per heavy atom. The summed E-state index contributed by atoms with van der Waals surface area (Å²) >= 11 is 1.62. The Balaban J connectivity index is 1.58. The molecule has 3 aromatic carbocycles. The molecule has 1 aliphatic heterocycles. The molecule has 0 spiro atoms. The van der Waals surface area contributed by atoms with Crippen LogP contribution < -0.4 is 19.9 Å². The lowest BCUT2D eigenvalue weighted by molar-refractivity contribution is -0.141. The van der Waals surface area contributed by atoms with Gasteiger partial charge in [0.25, 0.3) is 0 Å². The zero-order valence-corrected chi connectivity index (χ0v) is 19.3. The minimum atomic E-state index is -1.05. The Morgan fingerprint density at radius 3 is 2.59 bits per heavy atom. The first-order valence-electron chi connectivity index (χ1n) is 10.4. The Morgan fingerprint density at radius 1 is 1.18 bits per heavy atom. The van der Waals surface area contributed by atoms with Crippen molar-refractivity contribution in [2.45, 2.75) is 23.8 Å². The number of fused-ring (bicyclic) bond motifs is 1. The van der Waals surface area contributed by atoms with E-state index in [9.17, 15) is 14.4 Å². The van der Waals surface area contributed by atoms with Gasteiger partial charge in [-0.2, -0.15) is 5.26 Å². The van der Waals surface area contributed by atoms with Gasteiger partial charge < -0.3 is 19.9 Å². The molecule has 0 saturated carbocycles. The summed E-state index contributed by atoms with van der Waals surface area (Å²) in [6.07, 6.45) is 0.939. The van der Waals surface area contributed by atoms with Crippen LogP contribution in [0.2, 0.25) is 0 Å². The van der Waals surface area contributed by atoms with E-state index in [1.54, 1.807) is 30.0 Å². The lowest BCUT2D eigenvalue weighted by Crippen LogP contribution is -2.29. The van der Waals surface area contributed by atoms with Crippen LogP contribution >= 0.6 is 11.8 Å². The summed E-state index contributed by atoms with van der Waals surface area (Å²) in [6.45, 7) is 1.47. The normalized spacial score (nSPS) is 15.5. The Kier molecular flexibility index (Phi) is 6.75. The first-order chi connectivity index (χ1) is 16.4. The molecule has 0 radical (unpaired) electrons. The highest BCUT2D eigenvalue weighted by Gasteiger charge is 2.31. The number of hydrogen-bond donors (Lipinski definition) is 1. The molecule has 6 nitrogen and oxygen atoms in total. The van der Waals surface area contributed by atoms with Crippen LogP contribution in [0.15, 0.2) is 83.1 Å². The fourth-order valence-electron chi connectivity index (χ4n) is 3.62. The second-order valence-electron chi connectivity index (χ2n) is 7.51. The van der Waals surface area contributed by atoms with E-state index in [1.165, 1.54) is 31.2 Å². The number of carbonyl (C=O) groups excluding carboxylic acids is 1. The van der Waals surface area contributed by atoms with E-state index >= 15 is 0 Å². The minimum absolute atomic E-state index is 0.00586. The fourth-order valence-corrected chi connectivity index (χ4v) is 4.02. The highest BCUT2D eigenvalue weighted by molar-refractivity contribution is 7.98. The van der Waals surface area contributed by atoms with Crippen molar-refractivity contribution in [2.75, 3.05) is 6.26 Å². The standard InChI is InChI=1S/C26H21FN2O4S/c1-15(31-22-6-4-3-5-21(22)27)26(30)32-17-9-12-19-23(13-17)33-25(29)20(14-28)24(19)16-7-10-18(34-2)11-8-16/h3-13,15,24H,29H2,1-2H3. The van der Waals surface area contributed by atoms with Crippen molar-refractivity contribution in [3.05, 3.63) is 95.1 Å². The lowest BCUT2D eigenvalue weighted by atomic mass is 9.83. The van der Waals surface area contributed by atoms with Crippen LogP contribution in [-0.2, 0) is 4.79 Å². The number of carbonyl (C=O) groups is 1. The van der Waals surface area contributed by atoms with Gasteiger partial charge in [0, 0.05) is 16.5 Å². The van der Waals surface area contributed by atoms with Gasteiger partial charge in [-0.3, -0.25) is 0 Å². The molecular weight excluding hydrogens is 455 g/mol. The molecule has 0 aliphatic carbocycles. The first kappa shape index (κ1) is 23.2. The monoisotopic (exact) mass is 476 g/mol. The topological polar surface area (TPSA) is 94.6 Å². The third-order valence-electron chi connectivity index (χ3n) is 5.33. The fraction of sp³-hybridized carbons (Fsp3) is 0.154. The molecule has 3 aromatic rings. The van der Waals surface area contributed by atoms with Gasteiger partial charge in [0.2, 0.25) is 5.88 Å². The number of nitriles is 1. The molecule has 0 aromatic heterocycles. The van der Waals surface area contributed by atoms with Gasteiger partial charge in [0.1, 0.15) is 23.1 Å². The zero-order valence-electron chi connectivity index (χ0n) is 18.4. The molecule has 2 unspecified atom stereocenters. The van der Waals surface area contributed by atoms with E-state index < -0.39 is 23.8 Å². The first-order valence-corrected chi connectivity index (χ1v) is 11.6. The molecule has 1 heterocycles. The maximum absolute atomic E-state index is 13.8. The van der Waals surface area contributed by atoms with Crippen LogP contribution in [0.4, 0.5) is 4.39 Å². The molecule has 1 aliphatic rings. The van der Waals surface area contributed by atoms with Crippen LogP contribution in [0.1, 0.15) is 24.0 Å². The molecule has 2 atom stereocenters. The van der Waals surface area contributed by atoms with Gasteiger partial charge >= 0.3 is 5.97 Å². The summed E-state index contributed by atoms with van der Waals surface area (Å²) in [6, 6.07) is 20.7. The molecule has 0 saturated heterocycles. The number of para-hydroxylation sites is 1. The molecule has 8 heteroatoms. The second kappa shape index (κ2) is 9.89. The van der Waals surface area contributed by atoms with Gasteiger partial charge in [-0.1, -0.05) is 30.3 Å². The van der Waals surface area contributed by atoms with E-state index in [-0.39, 0.29) is 17.4 Å². The predicted molar refractivity (Wildman–Crippen MR) is 126 cm³/mol. The summed E-state index contributed by atoms with van der Waals surface area (Å²) in [7, 11) is 0. The molecule has 172 valence electrons. The third-order valence-corrected chi connectivity index (χ3v) is 6.07. The van der Waals surface area contributed by atoms with Crippen molar-refractivity contribution < 1.29 is 23.4 Å². The molecule has 0 amide bonds. The minimum Gasteiger partial charge on any atom is -0.476 e. The maximum Gasteiger partial charge on any atom is 0.352 e. The van der Waals surface area contributed by atoms with Crippen LogP contribution in [0.3, 0.4) is 0 Å². The van der Waals surface area contributed by atoms with Crippen molar-refractivity contribution in [3.63, 3.8) is 0 Å². The molecule has 2 N–H and O–H groups in total. The van der Waals surface area contributed by atoms with Crippen molar-refractivity contribution in [1.82, 2.24) is 0 Å². The third kappa shape index (κ3) is 4.70. The van der Waals surface area contributed by atoms with E-state index in [0.29, 0.717) is 11.3 Å². The van der Waals surface area contributed by atoms with Gasteiger partial charge in [-0.15, -0.1) is 11.8 Å². The van der Waals surface area contributed by atoms with E-state index in [2.05, 4.69) is 6.07 Å². The van der Waals surface area contributed by atoms with Crippen molar-refractivity contribution in [2.24, 2.45) is 5.73 Å². The smallest absolute Gasteiger partial charge is 0.352 e. The number of ether oxygens (including phenoxy) is 3. The van der Waals surface area contributed by atoms with E-state index in [0.717, 1.165) is 16.0 Å². The summed E-state index contributed by atoms with van der Waals surface area (Å²) < 4.78 is 30.3. The highest BCUT2D eigenvalue weighted by Crippen LogP contribution is 2.43. The average molecular weight is 477 g/mol. The summed E-state index contributed by atoms with van der Waals surface area (Å²) in [4.78, 5) is 13.6. The second-order valence-corrected chi connectivity index (χ2v) is 8.39. The largest absolute Gasteiger partial charge is 0.476 e. The molecular formula is C26H21FN2O4S. The van der Waals surface area contributed by atoms with Crippen LogP contribution in [0, 0.1) is 17.1 Å². The lowest BCUT2D eigenvalue weighted by Gasteiger charge is -2.27. The van der Waals surface area contributed by atoms with Gasteiger partial charge in [0.15, 0.2) is 17.7 Å². The van der Waals surface area contributed by atoms with Gasteiger partial charge in [-0.05, 0) is 49.1 Å². The number of esters is 1. The summed E-state index contributed by atoms with van der Waals surface area (Å²) in [5, 5.41) is 9.71.